The van der Waals surface area contributed by atoms with Crippen LogP contribution in [0.15, 0.2) is 146 Å². The monoisotopic (exact) mass is 1780 g/mol. The number of ether oxygens (including phenoxy) is 4. The molecule has 0 radical (unpaired) electrons. The number of alkyl halides is 1. The van der Waals surface area contributed by atoms with E-state index in [-0.39, 0.29) is 236 Å². The second-order valence-corrected chi connectivity index (χ2v) is 27.7. The molecule has 1 atom stereocenters. The number of pyridine rings is 4. The van der Waals surface area contributed by atoms with Gasteiger partial charge in [-0.15, -0.1) is 11.6 Å². The number of aromatic amines is 1. The van der Waals surface area contributed by atoms with E-state index in [1.165, 1.54) is 6.20 Å². The molecule has 4 aromatic carbocycles. The van der Waals surface area contributed by atoms with E-state index >= 15 is 0 Å². The van der Waals surface area contributed by atoms with Gasteiger partial charge >= 0.3 is 157 Å². The molecule has 27 nitrogen and oxygen atoms in total. The van der Waals surface area contributed by atoms with Crippen LogP contribution in [0, 0.1) is 43.1 Å². The second kappa shape index (κ2) is 46.4. The molecular weight excluding hydrogens is 1700 g/mol. The van der Waals surface area contributed by atoms with Crippen molar-refractivity contribution in [2.24, 2.45) is 16.2 Å². The van der Waals surface area contributed by atoms with Crippen LogP contribution in [0.3, 0.4) is 0 Å². The molecule has 0 bridgehead atoms. The van der Waals surface area contributed by atoms with E-state index in [0.29, 0.717) is 72.8 Å². The number of ketones is 6. The number of carbonyl (C=O) groups excluding carboxylic acids is 8. The van der Waals surface area contributed by atoms with Gasteiger partial charge in [-0.25, -0.2) is 16.6 Å². The Balaban J connectivity index is 0.000000472. The maximum absolute atomic E-state index is 13.0. The summed E-state index contributed by atoms with van der Waals surface area (Å²) in [5.41, 5.74) is 7.66. The van der Waals surface area contributed by atoms with Crippen LogP contribution in [0.2, 0.25) is 0 Å². The number of rotatable bonds is 18. The zero-order valence-corrected chi connectivity index (χ0v) is 80.3. The normalized spacial score (nSPS) is 10.6. The zero-order chi connectivity index (χ0) is 79.8. The molecule has 0 aliphatic heterocycles. The fraction of sp³-hybridized carbons (Fsp3) is 0.291. The number of aliphatic hydroxyl groups excluding tert-OH is 1. The average molecular weight is 1780 g/mol. The molecule has 12 rings (SSSR count). The van der Waals surface area contributed by atoms with Gasteiger partial charge in [0, 0.05) is 109 Å². The molecule has 0 saturated carbocycles. The Kier molecular flexibility index (Phi) is 41.1. The first-order chi connectivity index (χ1) is 51.2. The second-order valence-electron chi connectivity index (χ2n) is 26.9. The van der Waals surface area contributed by atoms with Gasteiger partial charge in [-0.1, -0.05) is 68.5 Å². The molecule has 568 valence electrons. The number of aldehydes is 1. The molecule has 8 aromatic heterocycles. The maximum atomic E-state index is 13.0. The minimum absolute atomic E-state index is 0. The molecule has 0 aliphatic rings. The summed E-state index contributed by atoms with van der Waals surface area (Å²) in [6.45, 7) is 22.2. The molecule has 0 fully saturated rings. The van der Waals surface area contributed by atoms with Crippen molar-refractivity contribution in [3.8, 4) is 23.0 Å². The van der Waals surface area contributed by atoms with Gasteiger partial charge in [0.15, 0.2) is 23.6 Å². The van der Waals surface area contributed by atoms with Crippen LogP contribution in [0.25, 0.3) is 43.6 Å². The van der Waals surface area contributed by atoms with Gasteiger partial charge in [0.1, 0.15) is 58.9 Å². The van der Waals surface area contributed by atoms with Crippen LogP contribution in [0.4, 0.5) is 0 Å². The fourth-order valence-electron chi connectivity index (χ4n) is 9.40. The van der Waals surface area contributed by atoms with Gasteiger partial charge in [0.25, 0.3) is 6.47 Å². The molecule has 111 heavy (non-hydrogen) atoms. The van der Waals surface area contributed by atoms with Gasteiger partial charge in [0.2, 0.25) is 17.3 Å². The van der Waals surface area contributed by atoms with Gasteiger partial charge in [-0.2, -0.15) is 26.5 Å². The van der Waals surface area contributed by atoms with Gasteiger partial charge < -0.3 is 40.6 Å². The van der Waals surface area contributed by atoms with Crippen LogP contribution < -0.4 is 181 Å². The number of aryl methyl sites for hydroxylation is 3. The van der Waals surface area contributed by atoms with Crippen LogP contribution in [0.1, 0.15) is 145 Å². The summed E-state index contributed by atoms with van der Waals surface area (Å²) in [6.07, 6.45) is 6.95. The Morgan fingerprint density at radius 2 is 0.937 bits per heavy atom. The molecule has 1 unspecified atom stereocenters. The number of nitrogens with one attached hydrogen (secondary N) is 1. The molecule has 32 heteroatoms. The van der Waals surface area contributed by atoms with E-state index in [9.17, 15) is 33.6 Å². The summed E-state index contributed by atoms with van der Waals surface area (Å²) in [5.74, 6) is 2.33. The minimum Gasteiger partial charge on any atom is -1.00 e. The molecule has 0 aliphatic carbocycles. The summed E-state index contributed by atoms with van der Waals surface area (Å²) < 4.78 is 25.5. The predicted molar refractivity (Wildman–Crippen MR) is 411 cm³/mol. The number of Topliss-reactive ketones (excluding diaryl/α,β-unsaturated/α-hetero) is 3. The first kappa shape index (κ1) is 98.3. The van der Waals surface area contributed by atoms with Crippen LogP contribution in [-0.4, -0.2) is 146 Å². The van der Waals surface area contributed by atoms with Gasteiger partial charge in [-0.3, -0.25) is 67.8 Å². The van der Waals surface area contributed by atoms with Crippen molar-refractivity contribution in [1.29, 1.82) is 0 Å². The molecule has 8 heterocycles. The molecule has 12 aromatic rings. The van der Waals surface area contributed by atoms with Gasteiger partial charge in [0.05, 0.1) is 68.7 Å². The Morgan fingerprint density at radius 1 is 0.541 bits per heavy atom. The Hall–Kier alpha value is -6.94. The average Bonchev–Trinajstić information content (AvgIpc) is 1.64. The van der Waals surface area contributed by atoms with E-state index in [1.807, 2.05) is 138 Å². The molecule has 0 spiro atoms. The van der Waals surface area contributed by atoms with E-state index in [2.05, 4.69) is 65.8 Å². The number of halogens is 1. The first-order valence-electron chi connectivity index (χ1n) is 33.3. The first-order valence-corrected chi connectivity index (χ1v) is 34.3. The Bertz CT molecular complexity index is 5130. The van der Waals surface area contributed by atoms with E-state index in [1.54, 1.807) is 128 Å². The van der Waals surface area contributed by atoms with Crippen molar-refractivity contribution >= 4 is 112 Å². The molecular formula is C79H87ClCs2LiN12O15P. The maximum Gasteiger partial charge on any atom is 1.00 e. The van der Waals surface area contributed by atoms with Crippen LogP contribution in [-0.2, 0) is 43.8 Å². The summed E-state index contributed by atoms with van der Waals surface area (Å²) in [5, 5.41) is 40.4. The van der Waals surface area contributed by atoms with E-state index in [0.717, 1.165) is 56.7 Å². The van der Waals surface area contributed by atoms with E-state index in [4.69, 9.17) is 45.7 Å². The van der Waals surface area contributed by atoms with Crippen molar-refractivity contribution < 1.29 is 231 Å². The number of methoxy groups -OCH3 is 4. The number of nitrogens with zero attached hydrogens (tertiary/aromatic N) is 11. The van der Waals surface area contributed by atoms with E-state index < -0.39 is 10.8 Å². The van der Waals surface area contributed by atoms with Crippen molar-refractivity contribution in [1.82, 2.24) is 59.2 Å². The van der Waals surface area contributed by atoms with Crippen LogP contribution >= 0.6 is 21.0 Å². The third-order valence-corrected chi connectivity index (χ3v) is 16.6. The number of aliphatic hydroxyl groups is 1. The van der Waals surface area contributed by atoms with Gasteiger partial charge in [-0.05, 0) is 121 Å². The summed E-state index contributed by atoms with van der Waals surface area (Å²) in [7, 11) is 8.76. The summed E-state index contributed by atoms with van der Waals surface area (Å²) in [6, 6.07) is 38.5. The molecule has 2 N–H and O–H groups in total. The van der Waals surface area contributed by atoms with Crippen LogP contribution in [0.5, 0.6) is 23.0 Å². The smallest absolute Gasteiger partial charge is 1.00 e. The third kappa shape index (κ3) is 28.2. The number of carbonyl (C=O) groups is 8. The molecule has 0 amide bonds. The number of aromatic nitrogens is 12. The van der Waals surface area contributed by atoms with Crippen molar-refractivity contribution in [2.75, 3.05) is 34.3 Å². The third-order valence-electron chi connectivity index (χ3n) is 16.0. The number of hydrogen-bond donors (Lipinski definition) is 2. The standard InChI is InChI=1S/C21H23N3O4.C21H23N3O3.C15H13N3O2.C9H9N2O2P.C6H11ClO.C6H6N.CH2O3.2Cs.Li.H/c1-21(2,3)18(26)11-24-17-9-15(28-4)7-8-16(17)19(23-24)20(27)13-5-6-14(12-25)22-10-13;1-13-6-7-14(11-22-13)20(26)19-16-9-8-15(27-5)10-17(16)24(23-19)12-18(25)21(2,3)4;1-9-3-4-10(8-16-9)15(19)14-12-6-5-11(20-2)7-13(12)17-18-14;1-13-6-2-3-7-8(5-12)10-11(14)9(7)4-6;1-6(2,3)5(8)4-7;1-6-4-2-3-5-7-6;2-1-4-3;;;;/h5-10,25H,11-12H2,1-4H3;6-11H,12H2,1-5H3;3-8H,1-2H3,(H,17,18);2-5H,14H2,1H3;4H2,1-3H3;2,4-5H,1H3;1,3H;;;;/q;;;;;-1;;3*+1;-1/p-1. The number of hydrogen-bond acceptors (Lipinski definition) is 23. The minimum atomic E-state index is -0.522. The largest absolute Gasteiger partial charge is 1.00 e. The van der Waals surface area contributed by atoms with Crippen molar-refractivity contribution in [3.63, 3.8) is 0 Å². The van der Waals surface area contributed by atoms with Crippen molar-refractivity contribution in [3.05, 3.63) is 214 Å². The Morgan fingerprint density at radius 3 is 1.27 bits per heavy atom. The fourth-order valence-corrected chi connectivity index (χ4v) is 10.1. The number of benzene rings is 4. The number of H-pyrrole nitrogens is 1. The quantitative estimate of drug-likeness (QED) is 0.0182. The zero-order valence-electron chi connectivity index (χ0n) is 66.9. The molecule has 0 saturated heterocycles. The number of fused-ring (bicyclic) bond motifs is 4. The summed E-state index contributed by atoms with van der Waals surface area (Å²) >= 11 is 5.29. The van der Waals surface area contributed by atoms with Crippen molar-refractivity contribution in [2.45, 2.75) is 103 Å². The topological polar surface area (TPSA) is 360 Å². The Labute approximate surface area is 781 Å². The summed E-state index contributed by atoms with van der Waals surface area (Å²) in [4.78, 5) is 112. The predicted octanol–water partition coefficient (Wildman–Crippen LogP) is 2.96. The SMILES string of the molecule is CC(C)(C)C(=O)CCl.COc1ccc2c(C(=O)c3ccc(C)nc3)n[nH]c2c1.COc1ccc2c(C(=O)c3ccc(C)nc3)nn(CC(=O)C(C)(C)C)c2c1.COc1ccc2c(C(=O)c3ccc(CO)nc3)nn(CC(=O)C(C)(C)C)c2c1.COc1ccc2c(C=O)nn(P)c2c1.Cc1cc[c-]cn1.O=CO[O-].[Cs+].[Cs+].[H-].[Li+].